The van der Waals surface area contributed by atoms with Gasteiger partial charge in [0.15, 0.2) is 0 Å². The average molecular weight is 377 g/mol. The van der Waals surface area contributed by atoms with Gasteiger partial charge in [-0.3, -0.25) is 9.78 Å². The van der Waals surface area contributed by atoms with Crippen LogP contribution in [-0.2, 0) is 12.8 Å². The molecular formula is C20H25F2N3O2. The number of nitrogens with one attached hydrogen (secondary N) is 1. The lowest BCUT2D eigenvalue weighted by molar-refractivity contribution is 0.0916. The Morgan fingerprint density at radius 2 is 1.96 bits per heavy atom. The fourth-order valence-electron chi connectivity index (χ4n) is 2.64. The van der Waals surface area contributed by atoms with E-state index in [0.717, 1.165) is 12.1 Å². The number of benzene rings is 1. The molecule has 1 aromatic heterocycles. The van der Waals surface area contributed by atoms with Gasteiger partial charge in [-0.15, -0.1) is 0 Å². The molecule has 0 unspecified atom stereocenters. The van der Waals surface area contributed by atoms with E-state index in [2.05, 4.69) is 10.3 Å². The number of halogens is 2. The number of aliphatic hydroxyl groups is 1. The van der Waals surface area contributed by atoms with E-state index >= 15 is 0 Å². The Bertz CT molecular complexity index is 806. The number of nitrogens with two attached hydrogens (primary N) is 1. The first kappa shape index (κ1) is 20.9. The predicted octanol–water partition coefficient (Wildman–Crippen LogP) is 2.36. The smallest absolute Gasteiger partial charge is 0.253 e. The van der Waals surface area contributed by atoms with Gasteiger partial charge in [0.05, 0.1) is 17.4 Å². The third kappa shape index (κ3) is 6.08. The number of aromatic nitrogens is 1. The van der Waals surface area contributed by atoms with Gasteiger partial charge in [0.2, 0.25) is 0 Å². The van der Waals surface area contributed by atoms with Crippen LogP contribution in [0.15, 0.2) is 36.5 Å². The number of hydrogen-bond acceptors (Lipinski definition) is 4. The SMILES string of the molecule is CC(C)(C)NC(=O)c1cccnc1C[C@H](O)[C@H](N)Cc1ccc(F)cc1F. The van der Waals surface area contributed by atoms with Crippen LogP contribution in [0.1, 0.15) is 42.4 Å². The van der Waals surface area contributed by atoms with Crippen LogP contribution >= 0.6 is 0 Å². The van der Waals surface area contributed by atoms with Crippen molar-refractivity contribution in [3.05, 3.63) is 65.0 Å². The van der Waals surface area contributed by atoms with E-state index in [1.165, 1.54) is 12.3 Å². The minimum absolute atomic E-state index is 0.0314. The summed E-state index contributed by atoms with van der Waals surface area (Å²) < 4.78 is 26.8. The summed E-state index contributed by atoms with van der Waals surface area (Å²) in [6.45, 7) is 5.59. The summed E-state index contributed by atoms with van der Waals surface area (Å²) in [7, 11) is 0. The molecule has 1 heterocycles. The predicted molar refractivity (Wildman–Crippen MR) is 99.2 cm³/mol. The highest BCUT2D eigenvalue weighted by atomic mass is 19.1. The molecule has 146 valence electrons. The summed E-state index contributed by atoms with van der Waals surface area (Å²) in [6.07, 6.45) is 0.549. The molecule has 2 rings (SSSR count). The molecule has 2 aromatic rings. The van der Waals surface area contributed by atoms with Gasteiger partial charge in [0, 0.05) is 30.3 Å². The van der Waals surface area contributed by atoms with Crippen molar-refractivity contribution in [2.24, 2.45) is 5.73 Å². The van der Waals surface area contributed by atoms with Gasteiger partial charge in [0.1, 0.15) is 11.6 Å². The van der Waals surface area contributed by atoms with Crippen LogP contribution in [0.5, 0.6) is 0 Å². The van der Waals surface area contributed by atoms with E-state index in [1.807, 2.05) is 20.8 Å². The van der Waals surface area contributed by atoms with E-state index in [0.29, 0.717) is 11.3 Å². The van der Waals surface area contributed by atoms with Crippen LogP contribution in [-0.4, -0.2) is 33.7 Å². The molecule has 1 aromatic carbocycles. The van der Waals surface area contributed by atoms with Crippen molar-refractivity contribution in [3.63, 3.8) is 0 Å². The van der Waals surface area contributed by atoms with Crippen molar-refractivity contribution in [1.29, 1.82) is 0 Å². The van der Waals surface area contributed by atoms with E-state index < -0.39 is 29.3 Å². The second-order valence-corrected chi connectivity index (χ2v) is 7.58. The number of aliphatic hydroxyl groups excluding tert-OH is 1. The van der Waals surface area contributed by atoms with Crippen molar-refractivity contribution in [3.8, 4) is 0 Å². The molecule has 0 aliphatic carbocycles. The number of carbonyl (C=O) groups excluding carboxylic acids is 1. The third-order valence-corrected chi connectivity index (χ3v) is 3.99. The number of nitrogens with zero attached hydrogens (tertiary/aromatic N) is 1. The summed E-state index contributed by atoms with van der Waals surface area (Å²) in [5.74, 6) is -1.68. The Balaban J connectivity index is 2.11. The van der Waals surface area contributed by atoms with Crippen LogP contribution in [0.25, 0.3) is 0 Å². The molecule has 1 amide bonds. The minimum atomic E-state index is -1.05. The van der Waals surface area contributed by atoms with Gasteiger partial charge < -0.3 is 16.2 Å². The standard InChI is InChI=1S/C20H25F2N3O2/c1-20(2,3)25-19(27)14-5-4-8-24-17(14)11-18(26)16(23)9-12-6-7-13(21)10-15(12)22/h4-8,10,16,18,26H,9,11,23H2,1-3H3,(H,25,27)/t16-,18+/m1/s1. The Morgan fingerprint density at radius 1 is 1.26 bits per heavy atom. The van der Waals surface area contributed by atoms with Crippen molar-refractivity contribution < 1.29 is 18.7 Å². The van der Waals surface area contributed by atoms with Gasteiger partial charge >= 0.3 is 0 Å². The van der Waals surface area contributed by atoms with Crippen molar-refractivity contribution in [2.75, 3.05) is 0 Å². The number of pyridine rings is 1. The number of amides is 1. The zero-order valence-electron chi connectivity index (χ0n) is 15.7. The molecule has 4 N–H and O–H groups in total. The molecule has 0 saturated heterocycles. The van der Waals surface area contributed by atoms with Gasteiger partial charge in [-0.25, -0.2) is 8.78 Å². The summed E-state index contributed by atoms with van der Waals surface area (Å²) in [6, 6.07) is 5.70. The van der Waals surface area contributed by atoms with E-state index in [1.54, 1.807) is 12.1 Å². The highest BCUT2D eigenvalue weighted by molar-refractivity contribution is 5.95. The lowest BCUT2D eigenvalue weighted by atomic mass is 9.96. The first-order valence-corrected chi connectivity index (χ1v) is 8.71. The summed E-state index contributed by atoms with van der Waals surface area (Å²) in [5.41, 5.74) is 6.55. The van der Waals surface area contributed by atoms with E-state index in [-0.39, 0.29) is 24.3 Å². The average Bonchev–Trinajstić information content (AvgIpc) is 2.56. The van der Waals surface area contributed by atoms with Gasteiger partial charge in [0.25, 0.3) is 5.91 Å². The Morgan fingerprint density at radius 3 is 2.59 bits per heavy atom. The molecular weight excluding hydrogens is 352 g/mol. The normalized spacial score (nSPS) is 13.9. The Hall–Kier alpha value is -2.38. The zero-order chi connectivity index (χ0) is 20.2. The van der Waals surface area contributed by atoms with Crippen LogP contribution in [0.2, 0.25) is 0 Å². The number of carbonyl (C=O) groups is 1. The van der Waals surface area contributed by atoms with E-state index in [9.17, 15) is 18.7 Å². The van der Waals surface area contributed by atoms with Gasteiger partial charge in [-0.1, -0.05) is 6.07 Å². The fourth-order valence-corrected chi connectivity index (χ4v) is 2.64. The fraction of sp³-hybridized carbons (Fsp3) is 0.400. The molecule has 27 heavy (non-hydrogen) atoms. The van der Waals surface area contributed by atoms with Crippen LogP contribution in [0.3, 0.4) is 0 Å². The molecule has 7 heteroatoms. The quantitative estimate of drug-likeness (QED) is 0.721. The molecule has 0 spiro atoms. The monoisotopic (exact) mass is 377 g/mol. The number of hydrogen-bond donors (Lipinski definition) is 3. The highest BCUT2D eigenvalue weighted by Crippen LogP contribution is 2.15. The van der Waals surface area contributed by atoms with E-state index in [4.69, 9.17) is 5.73 Å². The van der Waals surface area contributed by atoms with Crippen molar-refractivity contribution in [2.45, 2.75) is 51.3 Å². The molecule has 0 saturated carbocycles. The minimum Gasteiger partial charge on any atom is -0.391 e. The zero-order valence-corrected chi connectivity index (χ0v) is 15.7. The summed E-state index contributed by atoms with van der Waals surface area (Å²) >= 11 is 0. The lowest BCUT2D eigenvalue weighted by Crippen LogP contribution is -2.42. The van der Waals surface area contributed by atoms with Crippen molar-refractivity contribution in [1.82, 2.24) is 10.3 Å². The van der Waals surface area contributed by atoms with Crippen LogP contribution in [0.4, 0.5) is 8.78 Å². The second-order valence-electron chi connectivity index (χ2n) is 7.58. The molecule has 0 fully saturated rings. The van der Waals surface area contributed by atoms with Crippen LogP contribution < -0.4 is 11.1 Å². The maximum absolute atomic E-state index is 13.8. The summed E-state index contributed by atoms with van der Waals surface area (Å²) in [5, 5.41) is 13.3. The maximum Gasteiger partial charge on any atom is 0.253 e. The molecule has 0 bridgehead atoms. The first-order valence-electron chi connectivity index (χ1n) is 8.71. The molecule has 0 aliphatic heterocycles. The second kappa shape index (κ2) is 8.54. The number of rotatable bonds is 6. The molecule has 2 atom stereocenters. The molecule has 0 aliphatic rings. The van der Waals surface area contributed by atoms with Gasteiger partial charge in [-0.2, -0.15) is 0 Å². The topological polar surface area (TPSA) is 88.2 Å². The van der Waals surface area contributed by atoms with Gasteiger partial charge in [-0.05, 0) is 51.0 Å². The largest absolute Gasteiger partial charge is 0.391 e. The maximum atomic E-state index is 13.8. The summed E-state index contributed by atoms with van der Waals surface area (Å²) in [4.78, 5) is 16.6. The Kier molecular flexibility index (Phi) is 6.62. The molecule has 5 nitrogen and oxygen atoms in total. The highest BCUT2D eigenvalue weighted by Gasteiger charge is 2.23. The van der Waals surface area contributed by atoms with Crippen molar-refractivity contribution >= 4 is 5.91 Å². The first-order chi connectivity index (χ1) is 12.6. The van der Waals surface area contributed by atoms with Crippen LogP contribution in [0, 0.1) is 11.6 Å². The Labute approximate surface area is 157 Å². The molecule has 0 radical (unpaired) electrons. The third-order valence-electron chi connectivity index (χ3n) is 3.99. The lowest BCUT2D eigenvalue weighted by Gasteiger charge is -2.23.